The Labute approximate surface area is 189 Å². The van der Waals surface area contributed by atoms with E-state index in [-0.39, 0.29) is 0 Å². The first kappa shape index (κ1) is 20.7. The highest BCUT2D eigenvalue weighted by Crippen LogP contribution is 2.37. The van der Waals surface area contributed by atoms with Crippen molar-refractivity contribution in [2.45, 2.75) is 0 Å². The largest absolute Gasteiger partial charge is 0.383 e. The van der Waals surface area contributed by atoms with Crippen LogP contribution in [0, 0.1) is 11.3 Å². The SMILES string of the molecule is N#Cc1ccc(NCCNc2ccc(-c3ncc[nH]3)c(-c3ccc(Cl)cc3Cl)c2)nc1. The van der Waals surface area contributed by atoms with Crippen molar-refractivity contribution in [3.05, 3.63) is 82.7 Å². The number of aromatic amines is 1. The number of nitriles is 1. The molecule has 154 valence electrons. The third-order valence-electron chi connectivity index (χ3n) is 4.65. The monoisotopic (exact) mass is 448 g/mol. The second-order valence-electron chi connectivity index (χ2n) is 6.72. The predicted molar refractivity (Wildman–Crippen MR) is 125 cm³/mol. The molecule has 6 nitrogen and oxygen atoms in total. The topological polar surface area (TPSA) is 89.4 Å². The number of rotatable bonds is 7. The van der Waals surface area contributed by atoms with Gasteiger partial charge in [-0.1, -0.05) is 29.3 Å². The van der Waals surface area contributed by atoms with Gasteiger partial charge in [0.2, 0.25) is 0 Å². The van der Waals surface area contributed by atoms with Crippen LogP contribution in [0.25, 0.3) is 22.5 Å². The number of aromatic nitrogens is 3. The molecule has 0 amide bonds. The van der Waals surface area contributed by atoms with Crippen LogP contribution in [0.1, 0.15) is 5.56 Å². The Kier molecular flexibility index (Phi) is 6.37. The standard InChI is InChI=1S/C23H18Cl2N6/c24-16-2-4-18(21(25)11-16)20-12-17(3-5-19(20)23-29-9-10-30-23)27-7-8-28-22-6-1-15(13-26)14-31-22/h1-6,9-12,14,27H,7-8H2,(H,28,31)(H,29,30). The summed E-state index contributed by atoms with van der Waals surface area (Å²) in [6, 6.07) is 17.1. The van der Waals surface area contributed by atoms with E-state index in [0.717, 1.165) is 34.0 Å². The average molecular weight is 449 g/mol. The average Bonchev–Trinajstić information content (AvgIpc) is 3.32. The third-order valence-corrected chi connectivity index (χ3v) is 5.19. The summed E-state index contributed by atoms with van der Waals surface area (Å²) in [6.45, 7) is 1.34. The van der Waals surface area contributed by atoms with Gasteiger partial charge < -0.3 is 15.6 Å². The van der Waals surface area contributed by atoms with Crippen molar-refractivity contribution in [3.63, 3.8) is 0 Å². The smallest absolute Gasteiger partial charge is 0.137 e. The number of nitrogens with one attached hydrogen (secondary N) is 3. The fourth-order valence-corrected chi connectivity index (χ4v) is 3.68. The Morgan fingerprint density at radius 3 is 2.45 bits per heavy atom. The van der Waals surface area contributed by atoms with Crippen molar-refractivity contribution in [1.82, 2.24) is 15.0 Å². The Hall–Kier alpha value is -3.53. The van der Waals surface area contributed by atoms with E-state index in [1.165, 1.54) is 0 Å². The Morgan fingerprint density at radius 1 is 0.903 bits per heavy atom. The van der Waals surface area contributed by atoms with E-state index in [4.69, 9.17) is 28.5 Å². The molecule has 0 aliphatic carbocycles. The zero-order chi connectivity index (χ0) is 21.6. The summed E-state index contributed by atoms with van der Waals surface area (Å²) in [6.07, 6.45) is 5.06. The number of hydrogen-bond acceptors (Lipinski definition) is 5. The molecule has 0 bridgehead atoms. The Morgan fingerprint density at radius 2 is 1.74 bits per heavy atom. The molecule has 2 aromatic heterocycles. The summed E-state index contributed by atoms with van der Waals surface area (Å²) in [7, 11) is 0. The maximum Gasteiger partial charge on any atom is 0.137 e. The summed E-state index contributed by atoms with van der Waals surface area (Å²) in [5.74, 6) is 1.49. The lowest BCUT2D eigenvalue weighted by atomic mass is 9.98. The lowest BCUT2D eigenvalue weighted by Gasteiger charge is -2.14. The summed E-state index contributed by atoms with van der Waals surface area (Å²) >= 11 is 12.6. The lowest BCUT2D eigenvalue weighted by Crippen LogP contribution is -2.14. The molecule has 0 radical (unpaired) electrons. The molecular weight excluding hydrogens is 431 g/mol. The van der Waals surface area contributed by atoms with Gasteiger partial charge in [0, 0.05) is 58.5 Å². The number of halogens is 2. The number of pyridine rings is 1. The van der Waals surface area contributed by atoms with Crippen LogP contribution in [0.4, 0.5) is 11.5 Å². The maximum atomic E-state index is 8.84. The molecule has 0 atom stereocenters. The number of imidazole rings is 1. The number of hydrogen-bond donors (Lipinski definition) is 3. The van der Waals surface area contributed by atoms with Crippen LogP contribution in [0.2, 0.25) is 10.0 Å². The highest BCUT2D eigenvalue weighted by Gasteiger charge is 2.13. The first-order valence-corrected chi connectivity index (χ1v) is 10.3. The van der Waals surface area contributed by atoms with Crippen molar-refractivity contribution >= 4 is 34.7 Å². The molecule has 2 heterocycles. The van der Waals surface area contributed by atoms with Gasteiger partial charge in [-0.25, -0.2) is 9.97 Å². The van der Waals surface area contributed by atoms with Crippen LogP contribution in [-0.2, 0) is 0 Å². The van der Waals surface area contributed by atoms with Gasteiger partial charge in [0.1, 0.15) is 17.7 Å². The van der Waals surface area contributed by atoms with E-state index in [9.17, 15) is 0 Å². The minimum atomic E-state index is 0.536. The molecular formula is C23H18Cl2N6. The molecule has 0 unspecified atom stereocenters. The van der Waals surface area contributed by atoms with E-state index in [0.29, 0.717) is 28.7 Å². The molecule has 0 aliphatic heterocycles. The van der Waals surface area contributed by atoms with Crippen molar-refractivity contribution in [3.8, 4) is 28.6 Å². The Balaban J connectivity index is 1.51. The van der Waals surface area contributed by atoms with Gasteiger partial charge in [0.05, 0.1) is 5.56 Å². The van der Waals surface area contributed by atoms with Crippen molar-refractivity contribution in [2.24, 2.45) is 0 Å². The van der Waals surface area contributed by atoms with E-state index >= 15 is 0 Å². The fourth-order valence-electron chi connectivity index (χ4n) is 3.17. The van der Waals surface area contributed by atoms with Crippen LogP contribution in [-0.4, -0.2) is 28.0 Å². The zero-order valence-corrected chi connectivity index (χ0v) is 17.9. The van der Waals surface area contributed by atoms with Gasteiger partial charge in [-0.15, -0.1) is 0 Å². The van der Waals surface area contributed by atoms with Crippen molar-refractivity contribution in [2.75, 3.05) is 23.7 Å². The molecule has 4 aromatic rings. The van der Waals surface area contributed by atoms with Gasteiger partial charge in [-0.3, -0.25) is 0 Å². The normalized spacial score (nSPS) is 10.5. The van der Waals surface area contributed by atoms with Crippen molar-refractivity contribution < 1.29 is 0 Å². The quantitative estimate of drug-likeness (QED) is 0.309. The summed E-state index contributed by atoms with van der Waals surface area (Å²) in [4.78, 5) is 11.8. The first-order chi connectivity index (χ1) is 15.1. The lowest BCUT2D eigenvalue weighted by molar-refractivity contribution is 1.06. The molecule has 0 spiro atoms. The van der Waals surface area contributed by atoms with Crippen LogP contribution in [0.5, 0.6) is 0 Å². The maximum absolute atomic E-state index is 8.84. The van der Waals surface area contributed by atoms with Gasteiger partial charge in [0.15, 0.2) is 0 Å². The number of anilines is 2. The molecule has 0 fully saturated rings. The molecule has 4 rings (SSSR count). The fraction of sp³-hybridized carbons (Fsp3) is 0.0870. The van der Waals surface area contributed by atoms with Crippen LogP contribution >= 0.6 is 23.2 Å². The summed E-state index contributed by atoms with van der Waals surface area (Å²) < 4.78 is 0. The number of H-pyrrole nitrogens is 1. The van der Waals surface area contributed by atoms with Gasteiger partial charge in [0.25, 0.3) is 0 Å². The van der Waals surface area contributed by atoms with Crippen LogP contribution < -0.4 is 10.6 Å². The van der Waals surface area contributed by atoms with Gasteiger partial charge in [-0.2, -0.15) is 5.26 Å². The summed E-state index contributed by atoms with van der Waals surface area (Å²) in [5, 5.41) is 16.6. The van der Waals surface area contributed by atoms with Crippen molar-refractivity contribution in [1.29, 1.82) is 5.26 Å². The molecule has 31 heavy (non-hydrogen) atoms. The summed E-state index contributed by atoms with van der Waals surface area (Å²) in [5.41, 5.74) is 4.25. The highest BCUT2D eigenvalue weighted by molar-refractivity contribution is 6.36. The minimum absolute atomic E-state index is 0.536. The minimum Gasteiger partial charge on any atom is -0.383 e. The van der Waals surface area contributed by atoms with E-state index in [1.807, 2.05) is 30.3 Å². The molecule has 0 saturated heterocycles. The number of benzene rings is 2. The number of nitrogens with zero attached hydrogens (tertiary/aromatic N) is 3. The van der Waals surface area contributed by atoms with E-state index in [1.54, 1.807) is 36.8 Å². The van der Waals surface area contributed by atoms with Gasteiger partial charge >= 0.3 is 0 Å². The third kappa shape index (κ3) is 4.97. The second-order valence-corrected chi connectivity index (χ2v) is 7.56. The predicted octanol–water partition coefficient (Wildman–Crippen LogP) is 5.84. The molecule has 2 aromatic carbocycles. The molecule has 3 N–H and O–H groups in total. The Bertz CT molecular complexity index is 1210. The van der Waals surface area contributed by atoms with Gasteiger partial charge in [-0.05, 0) is 48.0 Å². The van der Waals surface area contributed by atoms with E-state index in [2.05, 4.69) is 31.7 Å². The highest BCUT2D eigenvalue weighted by atomic mass is 35.5. The van der Waals surface area contributed by atoms with Crippen LogP contribution in [0.15, 0.2) is 67.1 Å². The molecule has 0 aliphatic rings. The molecule has 0 saturated carbocycles. The van der Waals surface area contributed by atoms with E-state index < -0.39 is 0 Å². The van der Waals surface area contributed by atoms with Crippen LogP contribution in [0.3, 0.4) is 0 Å². The first-order valence-electron chi connectivity index (χ1n) is 9.57. The second kappa shape index (κ2) is 9.52. The molecule has 8 heteroatoms. The zero-order valence-electron chi connectivity index (χ0n) is 16.4.